The molecular formula is C19H20BrN3O4S. The Balaban J connectivity index is 1.89. The minimum absolute atomic E-state index is 0.0158. The maximum Gasteiger partial charge on any atom is 0.269 e. The Morgan fingerprint density at radius 2 is 1.64 bits per heavy atom. The first-order valence-electron chi connectivity index (χ1n) is 8.32. The van der Waals surface area contributed by atoms with Crippen LogP contribution in [0.4, 0.5) is 0 Å². The largest absolute Gasteiger partial charge is 0.497 e. The summed E-state index contributed by atoms with van der Waals surface area (Å²) in [6.07, 6.45) is 0.0158. The van der Waals surface area contributed by atoms with E-state index in [1.807, 2.05) is 13.8 Å². The number of hydrogen-bond acceptors (Lipinski definition) is 5. The Hall–Kier alpha value is -2.65. The van der Waals surface area contributed by atoms with Gasteiger partial charge in [0.1, 0.15) is 11.5 Å². The molecule has 0 saturated carbocycles. The number of ether oxygens (including phenoxy) is 2. The van der Waals surface area contributed by atoms with Gasteiger partial charge >= 0.3 is 0 Å². The highest BCUT2D eigenvalue weighted by Gasteiger charge is 2.12. The van der Waals surface area contributed by atoms with Crippen LogP contribution in [0.25, 0.3) is 0 Å². The fourth-order valence-corrected chi connectivity index (χ4v) is 2.74. The molecule has 0 saturated heterocycles. The molecule has 0 bridgehead atoms. The number of benzene rings is 2. The molecule has 2 amide bonds. The van der Waals surface area contributed by atoms with E-state index in [9.17, 15) is 9.59 Å². The number of thiocarbonyl (C=S) groups is 1. The fourth-order valence-electron chi connectivity index (χ4n) is 2.13. The standard InChI is InChI=1S/C19H20BrN3O4S/c1-11(2)27-16-9-6-13(10-15(16)20)17(24)21-19(28)23-22-18(25)12-4-7-14(26-3)8-5-12/h4-11H,1-3H3,(H,22,25)(H2,21,23,24,28). The van der Waals surface area contributed by atoms with Crippen molar-refractivity contribution in [2.45, 2.75) is 20.0 Å². The first kappa shape index (κ1) is 21.6. The van der Waals surface area contributed by atoms with Crippen LogP contribution < -0.4 is 25.6 Å². The zero-order valence-electron chi connectivity index (χ0n) is 15.5. The van der Waals surface area contributed by atoms with Crippen LogP contribution in [0.15, 0.2) is 46.9 Å². The van der Waals surface area contributed by atoms with Gasteiger partial charge in [0.2, 0.25) is 0 Å². The summed E-state index contributed by atoms with van der Waals surface area (Å²) in [6.45, 7) is 3.83. The summed E-state index contributed by atoms with van der Waals surface area (Å²) in [4.78, 5) is 24.4. The highest BCUT2D eigenvalue weighted by molar-refractivity contribution is 9.10. The van der Waals surface area contributed by atoms with Crippen molar-refractivity contribution in [1.29, 1.82) is 0 Å². The molecule has 9 heteroatoms. The number of nitrogens with one attached hydrogen (secondary N) is 3. The zero-order chi connectivity index (χ0) is 20.7. The second kappa shape index (κ2) is 10.0. The number of hydrazine groups is 1. The van der Waals surface area contributed by atoms with E-state index in [-0.39, 0.29) is 11.2 Å². The molecule has 0 heterocycles. The number of amides is 2. The summed E-state index contributed by atoms with van der Waals surface area (Å²) in [5.41, 5.74) is 5.71. The van der Waals surface area contributed by atoms with Gasteiger partial charge in [-0.2, -0.15) is 0 Å². The molecule has 2 aromatic carbocycles. The molecular weight excluding hydrogens is 446 g/mol. The molecule has 2 aromatic rings. The lowest BCUT2D eigenvalue weighted by Crippen LogP contribution is -2.48. The lowest BCUT2D eigenvalue weighted by atomic mass is 10.2. The lowest BCUT2D eigenvalue weighted by molar-refractivity contribution is 0.0934. The molecule has 0 spiro atoms. The topological polar surface area (TPSA) is 88.7 Å². The Kier molecular flexibility index (Phi) is 7.77. The first-order valence-corrected chi connectivity index (χ1v) is 9.52. The van der Waals surface area contributed by atoms with Crippen LogP contribution in [0.1, 0.15) is 34.6 Å². The van der Waals surface area contributed by atoms with E-state index in [4.69, 9.17) is 21.7 Å². The third-order valence-corrected chi connectivity index (χ3v) is 4.25. The molecule has 0 unspecified atom stereocenters. The second-order valence-corrected chi connectivity index (χ2v) is 7.17. The van der Waals surface area contributed by atoms with Crippen LogP contribution in [0.5, 0.6) is 11.5 Å². The number of methoxy groups -OCH3 is 1. The summed E-state index contributed by atoms with van der Waals surface area (Å²) in [5, 5.41) is 2.46. The Bertz CT molecular complexity index is 872. The van der Waals surface area contributed by atoms with Gasteiger partial charge in [0, 0.05) is 11.1 Å². The first-order chi connectivity index (χ1) is 13.3. The minimum atomic E-state index is -0.423. The van der Waals surface area contributed by atoms with Crippen molar-refractivity contribution < 1.29 is 19.1 Å². The van der Waals surface area contributed by atoms with Crippen molar-refractivity contribution in [2.24, 2.45) is 0 Å². The predicted octanol–water partition coefficient (Wildman–Crippen LogP) is 3.19. The maximum absolute atomic E-state index is 12.3. The van der Waals surface area contributed by atoms with Crippen LogP contribution >= 0.6 is 28.1 Å². The molecule has 0 atom stereocenters. The van der Waals surface area contributed by atoms with Crippen LogP contribution in [0.2, 0.25) is 0 Å². The number of carbonyl (C=O) groups is 2. The van der Waals surface area contributed by atoms with Crippen molar-refractivity contribution >= 4 is 45.1 Å². The molecule has 0 aliphatic heterocycles. The van der Waals surface area contributed by atoms with Gasteiger partial charge in [-0.1, -0.05) is 0 Å². The van der Waals surface area contributed by atoms with E-state index in [1.165, 1.54) is 0 Å². The quantitative estimate of drug-likeness (QED) is 0.464. The summed E-state index contributed by atoms with van der Waals surface area (Å²) in [5.74, 6) is 0.451. The summed E-state index contributed by atoms with van der Waals surface area (Å²) in [7, 11) is 1.54. The monoisotopic (exact) mass is 465 g/mol. The molecule has 0 aliphatic carbocycles. The highest BCUT2D eigenvalue weighted by atomic mass is 79.9. The zero-order valence-corrected chi connectivity index (χ0v) is 17.9. The van der Waals surface area contributed by atoms with Crippen LogP contribution in [0.3, 0.4) is 0 Å². The Labute approximate surface area is 176 Å². The summed E-state index contributed by atoms with van der Waals surface area (Å²) < 4.78 is 11.3. The van der Waals surface area contributed by atoms with E-state index in [0.717, 1.165) is 0 Å². The van der Waals surface area contributed by atoms with E-state index in [0.29, 0.717) is 27.1 Å². The van der Waals surface area contributed by atoms with Crippen LogP contribution in [0, 0.1) is 0 Å². The van der Waals surface area contributed by atoms with Crippen molar-refractivity contribution in [2.75, 3.05) is 7.11 Å². The lowest BCUT2D eigenvalue weighted by Gasteiger charge is -2.13. The van der Waals surface area contributed by atoms with E-state index < -0.39 is 11.8 Å². The van der Waals surface area contributed by atoms with Gasteiger partial charge in [0.05, 0.1) is 17.7 Å². The van der Waals surface area contributed by atoms with Crippen molar-refractivity contribution in [3.63, 3.8) is 0 Å². The van der Waals surface area contributed by atoms with Gasteiger partial charge < -0.3 is 9.47 Å². The van der Waals surface area contributed by atoms with Gasteiger partial charge in [-0.05, 0) is 84.5 Å². The molecule has 2 rings (SSSR count). The second-order valence-electron chi connectivity index (χ2n) is 5.90. The van der Waals surface area contributed by atoms with Crippen LogP contribution in [-0.2, 0) is 0 Å². The van der Waals surface area contributed by atoms with Crippen molar-refractivity contribution in [3.8, 4) is 11.5 Å². The number of rotatable bonds is 5. The Morgan fingerprint density at radius 3 is 2.21 bits per heavy atom. The van der Waals surface area contributed by atoms with Crippen LogP contribution in [-0.4, -0.2) is 30.1 Å². The van der Waals surface area contributed by atoms with E-state index in [2.05, 4.69) is 32.1 Å². The fraction of sp³-hybridized carbons (Fsp3) is 0.211. The average molecular weight is 466 g/mol. The molecule has 0 radical (unpaired) electrons. The van der Waals surface area contributed by atoms with Gasteiger partial charge in [-0.25, -0.2) is 0 Å². The summed E-state index contributed by atoms with van der Waals surface area (Å²) in [6, 6.07) is 11.5. The third-order valence-electron chi connectivity index (χ3n) is 3.43. The number of hydrogen-bond donors (Lipinski definition) is 3. The van der Waals surface area contributed by atoms with Gasteiger partial charge in [0.15, 0.2) is 5.11 Å². The maximum atomic E-state index is 12.3. The smallest absolute Gasteiger partial charge is 0.269 e. The SMILES string of the molecule is COc1ccc(C(=O)NNC(=S)NC(=O)c2ccc(OC(C)C)c(Br)c2)cc1. The Morgan fingerprint density at radius 1 is 1.00 bits per heavy atom. The third kappa shape index (κ3) is 6.21. The normalized spacial score (nSPS) is 10.2. The van der Waals surface area contributed by atoms with E-state index in [1.54, 1.807) is 49.6 Å². The number of halogens is 1. The van der Waals surface area contributed by atoms with Crippen molar-refractivity contribution in [1.82, 2.24) is 16.2 Å². The minimum Gasteiger partial charge on any atom is -0.497 e. The predicted molar refractivity (Wildman–Crippen MR) is 114 cm³/mol. The average Bonchev–Trinajstić information content (AvgIpc) is 2.67. The van der Waals surface area contributed by atoms with E-state index >= 15 is 0 Å². The summed E-state index contributed by atoms with van der Waals surface area (Å²) >= 11 is 8.42. The van der Waals surface area contributed by atoms with Crippen molar-refractivity contribution in [3.05, 3.63) is 58.1 Å². The molecule has 148 valence electrons. The molecule has 28 heavy (non-hydrogen) atoms. The van der Waals surface area contributed by atoms with Gasteiger partial charge in [-0.15, -0.1) is 0 Å². The molecule has 7 nitrogen and oxygen atoms in total. The number of carbonyl (C=O) groups excluding carboxylic acids is 2. The highest BCUT2D eigenvalue weighted by Crippen LogP contribution is 2.26. The molecule has 3 N–H and O–H groups in total. The van der Waals surface area contributed by atoms with Gasteiger partial charge in [0.25, 0.3) is 11.8 Å². The molecule has 0 aliphatic rings. The molecule has 0 aromatic heterocycles. The van der Waals surface area contributed by atoms with Gasteiger partial charge in [-0.3, -0.25) is 25.8 Å². The molecule has 0 fully saturated rings.